The first kappa shape index (κ1) is 28.7. The van der Waals surface area contributed by atoms with Gasteiger partial charge in [0.05, 0.1) is 11.9 Å². The molecule has 0 saturated heterocycles. The summed E-state index contributed by atoms with van der Waals surface area (Å²) in [6.07, 6.45) is 5.74. The van der Waals surface area contributed by atoms with Gasteiger partial charge < -0.3 is 10.2 Å². The van der Waals surface area contributed by atoms with Crippen LogP contribution in [-0.2, 0) is 31.4 Å². The highest BCUT2D eigenvalue weighted by Crippen LogP contribution is 2.26. The minimum absolute atomic E-state index is 0.0827. The summed E-state index contributed by atoms with van der Waals surface area (Å²) in [5.74, 6) is -0.607. The van der Waals surface area contributed by atoms with E-state index in [1.54, 1.807) is 19.1 Å². The molecular weight excluding hydrogens is 486 g/mol. The molecule has 0 spiro atoms. The molecular formula is C29H41N3O4S. The van der Waals surface area contributed by atoms with Gasteiger partial charge in [0.2, 0.25) is 21.8 Å². The van der Waals surface area contributed by atoms with Gasteiger partial charge in [-0.3, -0.25) is 13.9 Å². The lowest BCUT2D eigenvalue weighted by molar-refractivity contribution is -0.139. The summed E-state index contributed by atoms with van der Waals surface area (Å²) in [5, 5.41) is 3.08. The van der Waals surface area contributed by atoms with Crippen molar-refractivity contribution in [2.24, 2.45) is 0 Å². The maximum absolute atomic E-state index is 13.6. The van der Waals surface area contributed by atoms with Crippen LogP contribution in [0.2, 0.25) is 0 Å². The Morgan fingerprint density at radius 1 is 1.00 bits per heavy atom. The average Bonchev–Trinajstić information content (AvgIpc) is 3.35. The number of sulfonamides is 1. The number of nitrogens with zero attached hydrogens (tertiary/aromatic N) is 2. The standard InChI is InChI=1S/C29H41N3O4S/c1-22(28(34)30-25-13-9-10-14-25)31(20-19-23-11-7-6-8-12-23)27(33)21-32(37(5,35)36)26-17-15-24(16-18-26)29(2,3)4/h6-8,11-12,15-18,22,25H,9-10,13-14,19-21H2,1-5H3,(H,30,34). The summed E-state index contributed by atoms with van der Waals surface area (Å²) in [5.41, 5.74) is 2.45. The Morgan fingerprint density at radius 2 is 1.59 bits per heavy atom. The minimum atomic E-state index is -3.74. The summed E-state index contributed by atoms with van der Waals surface area (Å²) < 4.78 is 26.6. The molecule has 3 rings (SSSR count). The Morgan fingerprint density at radius 3 is 2.14 bits per heavy atom. The van der Waals surface area contributed by atoms with Gasteiger partial charge in [-0.2, -0.15) is 0 Å². The highest BCUT2D eigenvalue weighted by atomic mass is 32.2. The van der Waals surface area contributed by atoms with E-state index < -0.39 is 22.0 Å². The zero-order valence-corrected chi connectivity index (χ0v) is 23.6. The lowest BCUT2D eigenvalue weighted by Crippen LogP contribution is -2.53. The summed E-state index contributed by atoms with van der Waals surface area (Å²) >= 11 is 0. The van der Waals surface area contributed by atoms with Gasteiger partial charge in [-0.25, -0.2) is 8.42 Å². The second-order valence-electron chi connectivity index (χ2n) is 11.1. The van der Waals surface area contributed by atoms with E-state index in [9.17, 15) is 18.0 Å². The SMILES string of the molecule is CC(C(=O)NC1CCCC1)N(CCc1ccccc1)C(=O)CN(c1ccc(C(C)(C)C)cc1)S(C)(=O)=O. The number of carbonyl (C=O) groups excluding carboxylic acids is 2. The predicted octanol–water partition coefficient (Wildman–Crippen LogP) is 4.27. The van der Waals surface area contributed by atoms with Crippen molar-refractivity contribution in [2.45, 2.75) is 77.3 Å². The van der Waals surface area contributed by atoms with E-state index in [0.717, 1.165) is 47.4 Å². The van der Waals surface area contributed by atoms with Crippen molar-refractivity contribution in [3.05, 3.63) is 65.7 Å². The topological polar surface area (TPSA) is 86.8 Å². The van der Waals surface area contributed by atoms with Gasteiger partial charge in [-0.1, -0.05) is 76.1 Å². The van der Waals surface area contributed by atoms with Crippen molar-refractivity contribution in [3.8, 4) is 0 Å². The van der Waals surface area contributed by atoms with Crippen molar-refractivity contribution in [2.75, 3.05) is 23.7 Å². The molecule has 1 saturated carbocycles. The molecule has 8 heteroatoms. The largest absolute Gasteiger partial charge is 0.352 e. The molecule has 2 aromatic carbocycles. The van der Waals surface area contributed by atoms with Crippen LogP contribution < -0.4 is 9.62 Å². The number of carbonyl (C=O) groups is 2. The molecule has 2 aromatic rings. The number of amides is 2. The van der Waals surface area contributed by atoms with Crippen molar-refractivity contribution in [1.29, 1.82) is 0 Å². The fourth-order valence-electron chi connectivity index (χ4n) is 4.70. The quantitative estimate of drug-likeness (QED) is 0.500. The van der Waals surface area contributed by atoms with Crippen LogP contribution in [0.25, 0.3) is 0 Å². The van der Waals surface area contributed by atoms with Gasteiger partial charge >= 0.3 is 0 Å². The predicted molar refractivity (Wildman–Crippen MR) is 149 cm³/mol. The molecule has 1 unspecified atom stereocenters. The third-order valence-electron chi connectivity index (χ3n) is 7.05. The van der Waals surface area contributed by atoms with Crippen molar-refractivity contribution in [3.63, 3.8) is 0 Å². The van der Waals surface area contributed by atoms with E-state index in [1.165, 1.54) is 4.90 Å². The van der Waals surface area contributed by atoms with Crippen LogP contribution in [0.3, 0.4) is 0 Å². The van der Waals surface area contributed by atoms with Gasteiger partial charge in [0, 0.05) is 12.6 Å². The molecule has 7 nitrogen and oxygen atoms in total. The smallest absolute Gasteiger partial charge is 0.244 e. The summed E-state index contributed by atoms with van der Waals surface area (Å²) in [6.45, 7) is 7.91. The van der Waals surface area contributed by atoms with Crippen LogP contribution in [0.5, 0.6) is 0 Å². The third kappa shape index (κ3) is 8.06. The number of anilines is 1. The summed E-state index contributed by atoms with van der Waals surface area (Å²) in [7, 11) is -3.74. The molecule has 0 heterocycles. The van der Waals surface area contributed by atoms with Crippen LogP contribution in [0.15, 0.2) is 54.6 Å². The average molecular weight is 528 g/mol. The second-order valence-corrected chi connectivity index (χ2v) is 13.0. The van der Waals surface area contributed by atoms with E-state index >= 15 is 0 Å². The first-order chi connectivity index (χ1) is 17.4. The molecule has 1 aliphatic carbocycles. The lowest BCUT2D eigenvalue weighted by atomic mass is 9.87. The molecule has 0 aromatic heterocycles. The van der Waals surface area contributed by atoms with E-state index in [-0.39, 0.29) is 23.9 Å². The Bertz CT molecular complexity index is 1150. The summed E-state index contributed by atoms with van der Waals surface area (Å²) in [4.78, 5) is 28.3. The Kier molecular flexibility index (Phi) is 9.40. The first-order valence-corrected chi connectivity index (χ1v) is 14.9. The van der Waals surface area contributed by atoms with E-state index in [1.807, 2.05) is 42.5 Å². The zero-order valence-electron chi connectivity index (χ0n) is 22.7. The molecule has 37 heavy (non-hydrogen) atoms. The Hall–Kier alpha value is -2.87. The maximum Gasteiger partial charge on any atom is 0.244 e. The van der Waals surface area contributed by atoms with Crippen LogP contribution in [0.1, 0.15) is 64.5 Å². The lowest BCUT2D eigenvalue weighted by Gasteiger charge is -2.32. The number of rotatable bonds is 10. The molecule has 0 radical (unpaired) electrons. The fourth-order valence-corrected chi connectivity index (χ4v) is 5.55. The van der Waals surface area contributed by atoms with Crippen molar-refractivity contribution < 1.29 is 18.0 Å². The molecule has 202 valence electrons. The fraction of sp³-hybridized carbons (Fsp3) is 0.517. The highest BCUT2D eigenvalue weighted by molar-refractivity contribution is 7.92. The van der Waals surface area contributed by atoms with E-state index in [2.05, 4.69) is 26.1 Å². The highest BCUT2D eigenvalue weighted by Gasteiger charge is 2.31. The van der Waals surface area contributed by atoms with Gasteiger partial charge in [0.1, 0.15) is 12.6 Å². The molecule has 1 fully saturated rings. The Balaban J connectivity index is 1.83. The molecule has 1 atom stereocenters. The number of hydrogen-bond donors (Lipinski definition) is 1. The van der Waals surface area contributed by atoms with Crippen molar-refractivity contribution in [1.82, 2.24) is 10.2 Å². The third-order valence-corrected chi connectivity index (χ3v) is 8.19. The van der Waals surface area contributed by atoms with E-state index in [4.69, 9.17) is 0 Å². The Labute approximate surface area is 222 Å². The van der Waals surface area contributed by atoms with Gasteiger partial charge in [-0.05, 0) is 54.9 Å². The zero-order chi connectivity index (χ0) is 27.2. The van der Waals surface area contributed by atoms with E-state index in [0.29, 0.717) is 18.7 Å². The number of hydrogen-bond acceptors (Lipinski definition) is 4. The van der Waals surface area contributed by atoms with Crippen LogP contribution in [0.4, 0.5) is 5.69 Å². The first-order valence-electron chi connectivity index (χ1n) is 13.1. The summed E-state index contributed by atoms with van der Waals surface area (Å²) in [6, 6.07) is 16.4. The second kappa shape index (κ2) is 12.1. The molecule has 0 bridgehead atoms. The number of benzene rings is 2. The molecule has 1 aliphatic rings. The maximum atomic E-state index is 13.6. The van der Waals surface area contributed by atoms with Crippen LogP contribution >= 0.6 is 0 Å². The van der Waals surface area contributed by atoms with Gasteiger partial charge in [-0.15, -0.1) is 0 Å². The van der Waals surface area contributed by atoms with Gasteiger partial charge in [0.25, 0.3) is 0 Å². The van der Waals surface area contributed by atoms with Crippen LogP contribution in [0, 0.1) is 0 Å². The minimum Gasteiger partial charge on any atom is -0.352 e. The monoisotopic (exact) mass is 527 g/mol. The van der Waals surface area contributed by atoms with Crippen LogP contribution in [-0.4, -0.2) is 56.6 Å². The number of nitrogens with one attached hydrogen (secondary N) is 1. The van der Waals surface area contributed by atoms with Gasteiger partial charge in [0.15, 0.2) is 0 Å². The van der Waals surface area contributed by atoms with Crippen molar-refractivity contribution >= 4 is 27.5 Å². The molecule has 0 aliphatic heterocycles. The molecule has 1 N–H and O–H groups in total. The normalized spacial score (nSPS) is 15.3. The molecule has 2 amide bonds.